The summed E-state index contributed by atoms with van der Waals surface area (Å²) in [7, 11) is 0. The molecular weight excluding hydrogens is 420 g/mol. The fraction of sp³-hybridized carbons (Fsp3) is 0.360. The van der Waals surface area contributed by atoms with Gasteiger partial charge >= 0.3 is 0 Å². The van der Waals surface area contributed by atoms with Gasteiger partial charge in [-0.25, -0.2) is 0 Å². The molecule has 0 saturated heterocycles. The van der Waals surface area contributed by atoms with Crippen LogP contribution in [0.3, 0.4) is 0 Å². The quantitative estimate of drug-likeness (QED) is 0.512. The van der Waals surface area contributed by atoms with E-state index in [2.05, 4.69) is 15.5 Å². The lowest BCUT2D eigenvalue weighted by Crippen LogP contribution is -2.41. The first kappa shape index (κ1) is 22.1. The number of rotatable bonds is 8. The highest BCUT2D eigenvalue weighted by Crippen LogP contribution is 2.32. The lowest BCUT2D eigenvalue weighted by molar-refractivity contribution is -0.140. The maximum absolute atomic E-state index is 13.1. The zero-order valence-corrected chi connectivity index (χ0v) is 19.3. The largest absolute Gasteiger partial charge is 0.335 e. The van der Waals surface area contributed by atoms with Gasteiger partial charge in [0.05, 0.1) is 6.04 Å². The molecule has 1 aliphatic carbocycles. The van der Waals surface area contributed by atoms with Crippen molar-refractivity contribution in [2.24, 2.45) is 5.92 Å². The minimum atomic E-state index is -0.164. The van der Waals surface area contributed by atoms with E-state index in [4.69, 9.17) is 0 Å². The molecule has 0 radical (unpaired) electrons. The number of carbonyl (C=O) groups is 2. The van der Waals surface area contributed by atoms with E-state index in [-0.39, 0.29) is 30.2 Å². The van der Waals surface area contributed by atoms with Crippen molar-refractivity contribution < 1.29 is 9.59 Å². The molecule has 1 aromatic heterocycles. The first-order valence-electron chi connectivity index (χ1n) is 11.1. The van der Waals surface area contributed by atoms with E-state index in [1.165, 1.54) is 16.9 Å². The highest BCUT2D eigenvalue weighted by molar-refractivity contribution is 7.18. The van der Waals surface area contributed by atoms with E-state index >= 15 is 0 Å². The molecule has 4 rings (SSSR count). The Hall–Kier alpha value is -3.06. The van der Waals surface area contributed by atoms with Crippen LogP contribution in [0.15, 0.2) is 54.6 Å². The fourth-order valence-corrected chi connectivity index (χ4v) is 4.55. The molecule has 2 amide bonds. The number of carbonyl (C=O) groups excluding carboxylic acids is 2. The van der Waals surface area contributed by atoms with Crippen LogP contribution in [0.2, 0.25) is 0 Å². The van der Waals surface area contributed by atoms with Gasteiger partial charge in [-0.3, -0.25) is 9.59 Å². The zero-order chi connectivity index (χ0) is 22.5. The fourth-order valence-electron chi connectivity index (χ4n) is 3.79. The second-order valence-corrected chi connectivity index (χ2v) is 9.30. The summed E-state index contributed by atoms with van der Waals surface area (Å²) in [5.74, 6) is 0.0747. The summed E-state index contributed by atoms with van der Waals surface area (Å²) in [6, 6.07) is 17.9. The standard InChI is InChI=1S/C25H28N4O2S/c1-17-11-13-20(14-12-17)23-27-28-25(32-23)26-22(30)15-16-29(24(31)21-9-6-10-21)18(2)19-7-4-3-5-8-19/h3-5,7-8,11-14,18,21H,6,9-10,15-16H2,1-2H3,(H,26,28,30). The maximum atomic E-state index is 13.1. The summed E-state index contributed by atoms with van der Waals surface area (Å²) in [5.41, 5.74) is 3.23. The predicted octanol–water partition coefficient (Wildman–Crippen LogP) is 5.23. The molecule has 3 aromatic rings. The number of hydrogen-bond donors (Lipinski definition) is 1. The maximum Gasteiger partial charge on any atom is 0.227 e. The highest BCUT2D eigenvalue weighted by atomic mass is 32.1. The molecule has 166 valence electrons. The van der Waals surface area contributed by atoms with Gasteiger partial charge < -0.3 is 10.2 Å². The number of nitrogens with one attached hydrogen (secondary N) is 1. The molecule has 1 unspecified atom stereocenters. The van der Waals surface area contributed by atoms with Crippen molar-refractivity contribution >= 4 is 28.3 Å². The van der Waals surface area contributed by atoms with E-state index in [0.717, 1.165) is 35.4 Å². The molecule has 1 heterocycles. The third-order valence-electron chi connectivity index (χ3n) is 6.04. The van der Waals surface area contributed by atoms with Gasteiger partial charge in [0, 0.05) is 24.4 Å². The number of nitrogens with zero attached hydrogens (tertiary/aromatic N) is 3. The zero-order valence-electron chi connectivity index (χ0n) is 18.5. The van der Waals surface area contributed by atoms with E-state index in [9.17, 15) is 9.59 Å². The summed E-state index contributed by atoms with van der Waals surface area (Å²) in [6.07, 6.45) is 3.20. The number of amides is 2. The van der Waals surface area contributed by atoms with Crippen LogP contribution >= 0.6 is 11.3 Å². The van der Waals surface area contributed by atoms with Crippen molar-refractivity contribution in [2.75, 3.05) is 11.9 Å². The van der Waals surface area contributed by atoms with E-state index in [0.29, 0.717) is 11.7 Å². The Kier molecular flexibility index (Phi) is 6.95. The van der Waals surface area contributed by atoms with Crippen molar-refractivity contribution in [1.82, 2.24) is 15.1 Å². The van der Waals surface area contributed by atoms with Gasteiger partial charge in [0.1, 0.15) is 5.01 Å². The first-order valence-corrected chi connectivity index (χ1v) is 11.9. The Morgan fingerprint density at radius 1 is 1.09 bits per heavy atom. The topological polar surface area (TPSA) is 75.2 Å². The molecule has 6 nitrogen and oxygen atoms in total. The Bertz CT molecular complexity index is 1060. The molecule has 0 bridgehead atoms. The molecule has 32 heavy (non-hydrogen) atoms. The molecule has 1 fully saturated rings. The van der Waals surface area contributed by atoms with Crippen LogP contribution in [-0.4, -0.2) is 33.5 Å². The molecule has 0 spiro atoms. The predicted molar refractivity (Wildman–Crippen MR) is 127 cm³/mol. The molecule has 1 N–H and O–H groups in total. The van der Waals surface area contributed by atoms with E-state index < -0.39 is 0 Å². The monoisotopic (exact) mass is 448 g/mol. The molecule has 2 aromatic carbocycles. The van der Waals surface area contributed by atoms with Gasteiger partial charge in [0.15, 0.2) is 0 Å². The molecule has 7 heteroatoms. The summed E-state index contributed by atoms with van der Waals surface area (Å²) in [6.45, 7) is 4.44. The lowest BCUT2D eigenvalue weighted by atomic mass is 9.84. The second-order valence-electron chi connectivity index (χ2n) is 8.32. The molecular formula is C25H28N4O2S. The van der Waals surface area contributed by atoms with Crippen LogP contribution in [-0.2, 0) is 9.59 Å². The number of aromatic nitrogens is 2. The van der Waals surface area contributed by atoms with Crippen LogP contribution in [0.5, 0.6) is 0 Å². The van der Waals surface area contributed by atoms with Crippen LogP contribution in [0.25, 0.3) is 10.6 Å². The van der Waals surface area contributed by atoms with Crippen molar-refractivity contribution in [3.05, 3.63) is 65.7 Å². The minimum absolute atomic E-state index is 0.0771. The van der Waals surface area contributed by atoms with Gasteiger partial charge in [-0.15, -0.1) is 10.2 Å². The van der Waals surface area contributed by atoms with Crippen molar-refractivity contribution in [1.29, 1.82) is 0 Å². The molecule has 1 aliphatic rings. The van der Waals surface area contributed by atoms with Crippen LogP contribution in [0.4, 0.5) is 5.13 Å². The van der Waals surface area contributed by atoms with E-state index in [1.807, 2.05) is 73.3 Å². The molecule has 1 saturated carbocycles. The summed E-state index contributed by atoms with van der Waals surface area (Å²) >= 11 is 1.35. The summed E-state index contributed by atoms with van der Waals surface area (Å²) < 4.78 is 0. The average molecular weight is 449 g/mol. The normalized spacial score (nSPS) is 14.4. The van der Waals surface area contributed by atoms with Crippen molar-refractivity contribution in [3.8, 4) is 10.6 Å². The molecule has 0 aliphatic heterocycles. The van der Waals surface area contributed by atoms with Crippen molar-refractivity contribution in [2.45, 2.75) is 45.6 Å². The SMILES string of the molecule is Cc1ccc(-c2nnc(NC(=O)CCN(C(=O)C3CCC3)C(C)c3ccccc3)s2)cc1. The lowest BCUT2D eigenvalue weighted by Gasteiger charge is -2.35. The number of aryl methyl sites for hydroxylation is 1. The Labute approximate surface area is 192 Å². The Morgan fingerprint density at radius 2 is 1.81 bits per heavy atom. The highest BCUT2D eigenvalue weighted by Gasteiger charge is 2.32. The number of hydrogen-bond acceptors (Lipinski definition) is 5. The van der Waals surface area contributed by atoms with E-state index in [1.54, 1.807) is 0 Å². The van der Waals surface area contributed by atoms with Gasteiger partial charge in [-0.1, -0.05) is 77.9 Å². The van der Waals surface area contributed by atoms with Crippen LogP contribution in [0.1, 0.15) is 49.8 Å². The minimum Gasteiger partial charge on any atom is -0.335 e. The van der Waals surface area contributed by atoms with Gasteiger partial charge in [-0.2, -0.15) is 0 Å². The first-order chi connectivity index (χ1) is 15.5. The van der Waals surface area contributed by atoms with Gasteiger partial charge in [-0.05, 0) is 32.3 Å². The summed E-state index contributed by atoms with van der Waals surface area (Å²) in [4.78, 5) is 27.6. The van der Waals surface area contributed by atoms with Crippen LogP contribution < -0.4 is 5.32 Å². The third kappa shape index (κ3) is 5.22. The molecule has 1 atom stereocenters. The third-order valence-corrected chi connectivity index (χ3v) is 6.92. The van der Waals surface area contributed by atoms with Crippen molar-refractivity contribution in [3.63, 3.8) is 0 Å². The Balaban J connectivity index is 1.39. The number of anilines is 1. The summed E-state index contributed by atoms with van der Waals surface area (Å²) in [5, 5.41) is 12.4. The van der Waals surface area contributed by atoms with Gasteiger partial charge in [0.2, 0.25) is 16.9 Å². The smallest absolute Gasteiger partial charge is 0.227 e. The second kappa shape index (κ2) is 10.0. The van der Waals surface area contributed by atoms with Gasteiger partial charge in [0.25, 0.3) is 0 Å². The van der Waals surface area contributed by atoms with Crippen LogP contribution in [0, 0.1) is 12.8 Å². The average Bonchev–Trinajstić information content (AvgIpc) is 3.22. The Morgan fingerprint density at radius 3 is 2.47 bits per heavy atom. The number of benzene rings is 2.